The molecule has 0 unspecified atom stereocenters. The largest absolute Gasteiger partial charge is 0.313 e. The van der Waals surface area contributed by atoms with E-state index >= 15 is 0 Å². The van der Waals surface area contributed by atoms with Gasteiger partial charge in [-0.3, -0.25) is 0 Å². The number of hydrogen-bond acceptors (Lipinski definition) is 2. The Morgan fingerprint density at radius 2 is 2.06 bits per heavy atom. The zero-order valence-corrected chi connectivity index (χ0v) is 12.0. The molecule has 0 amide bonds. The van der Waals surface area contributed by atoms with Crippen LogP contribution in [0, 0.1) is 0 Å². The molecule has 0 aliphatic heterocycles. The minimum atomic E-state index is 0.545. The average molecular weight is 306 g/mol. The lowest BCUT2D eigenvalue weighted by molar-refractivity contribution is 0.555. The first kappa shape index (κ1) is 14.0. The van der Waals surface area contributed by atoms with Gasteiger partial charge in [0.05, 0.1) is 0 Å². The summed E-state index contributed by atoms with van der Waals surface area (Å²) in [6, 6.07) is 6.42. The van der Waals surface area contributed by atoms with Crippen molar-refractivity contribution in [1.29, 1.82) is 0 Å². The topological polar surface area (TPSA) is 24.1 Å². The normalized spacial score (nSPS) is 11.1. The second-order valence-electron chi connectivity index (χ2n) is 4.02. The third kappa shape index (κ3) is 5.30. The van der Waals surface area contributed by atoms with Crippen molar-refractivity contribution in [1.82, 2.24) is 10.6 Å². The van der Waals surface area contributed by atoms with Gasteiger partial charge >= 0.3 is 0 Å². The Morgan fingerprint density at radius 1 is 1.31 bits per heavy atom. The molecule has 4 heteroatoms. The lowest BCUT2D eigenvalue weighted by Gasteiger charge is -2.10. The van der Waals surface area contributed by atoms with Crippen molar-refractivity contribution in [3.63, 3.8) is 0 Å². The number of benzene rings is 1. The molecule has 0 aliphatic carbocycles. The molecule has 0 aliphatic rings. The van der Waals surface area contributed by atoms with Crippen molar-refractivity contribution in [2.75, 3.05) is 13.1 Å². The summed E-state index contributed by atoms with van der Waals surface area (Å²) in [6.07, 6.45) is 0. The number of halogens is 2. The molecule has 0 spiro atoms. The molecule has 1 aromatic rings. The molecular formula is C12H18BrClN2. The van der Waals surface area contributed by atoms with Crippen molar-refractivity contribution >= 4 is 27.5 Å². The summed E-state index contributed by atoms with van der Waals surface area (Å²) in [4.78, 5) is 0. The Labute approximate surface area is 111 Å². The summed E-state index contributed by atoms with van der Waals surface area (Å²) in [5, 5.41) is 7.50. The van der Waals surface area contributed by atoms with E-state index in [0.29, 0.717) is 6.04 Å². The molecule has 90 valence electrons. The summed E-state index contributed by atoms with van der Waals surface area (Å²) in [5.74, 6) is 0. The van der Waals surface area contributed by atoms with Crippen molar-refractivity contribution in [2.45, 2.75) is 26.4 Å². The lowest BCUT2D eigenvalue weighted by atomic mass is 10.2. The van der Waals surface area contributed by atoms with Crippen molar-refractivity contribution in [3.8, 4) is 0 Å². The van der Waals surface area contributed by atoms with Gasteiger partial charge in [-0.25, -0.2) is 0 Å². The molecule has 0 radical (unpaired) electrons. The van der Waals surface area contributed by atoms with Gasteiger partial charge in [0.15, 0.2) is 0 Å². The van der Waals surface area contributed by atoms with Gasteiger partial charge in [-0.05, 0) is 17.7 Å². The van der Waals surface area contributed by atoms with Crippen molar-refractivity contribution in [3.05, 3.63) is 33.3 Å². The van der Waals surface area contributed by atoms with Crippen LogP contribution in [0.4, 0.5) is 0 Å². The Morgan fingerprint density at radius 3 is 2.69 bits per heavy atom. The Balaban J connectivity index is 2.27. The molecule has 0 aromatic heterocycles. The van der Waals surface area contributed by atoms with Gasteiger partial charge in [-0.15, -0.1) is 0 Å². The highest BCUT2D eigenvalue weighted by Crippen LogP contribution is 2.21. The zero-order chi connectivity index (χ0) is 12.0. The maximum absolute atomic E-state index is 5.88. The van der Waals surface area contributed by atoms with Gasteiger partial charge in [0.25, 0.3) is 0 Å². The third-order valence-electron chi connectivity index (χ3n) is 2.18. The highest BCUT2D eigenvalue weighted by molar-refractivity contribution is 9.10. The second kappa shape index (κ2) is 7.28. The monoisotopic (exact) mass is 304 g/mol. The van der Waals surface area contributed by atoms with E-state index in [0.717, 1.165) is 29.1 Å². The van der Waals surface area contributed by atoms with Crippen LogP contribution in [0.15, 0.2) is 22.7 Å². The molecule has 0 saturated carbocycles. The predicted molar refractivity (Wildman–Crippen MR) is 74.0 cm³/mol. The fourth-order valence-electron chi connectivity index (χ4n) is 1.34. The highest BCUT2D eigenvalue weighted by Gasteiger charge is 2.00. The summed E-state index contributed by atoms with van der Waals surface area (Å²) in [5.41, 5.74) is 1.23. The molecule has 2 N–H and O–H groups in total. The molecule has 2 nitrogen and oxygen atoms in total. The first-order chi connectivity index (χ1) is 7.59. The molecule has 0 fully saturated rings. The highest BCUT2D eigenvalue weighted by atomic mass is 79.9. The first-order valence-corrected chi connectivity index (χ1v) is 6.64. The molecule has 0 bridgehead atoms. The van der Waals surface area contributed by atoms with Crippen LogP contribution in [0.5, 0.6) is 0 Å². The fraction of sp³-hybridized carbons (Fsp3) is 0.500. The lowest BCUT2D eigenvalue weighted by Crippen LogP contribution is -2.31. The molecule has 1 aromatic carbocycles. The minimum absolute atomic E-state index is 0.545. The summed E-state index contributed by atoms with van der Waals surface area (Å²) in [6.45, 7) is 7.11. The van der Waals surface area contributed by atoms with E-state index in [-0.39, 0.29) is 0 Å². The summed E-state index contributed by atoms with van der Waals surface area (Å²) < 4.78 is 1.06. The number of nitrogens with one attached hydrogen (secondary N) is 2. The minimum Gasteiger partial charge on any atom is -0.313 e. The first-order valence-electron chi connectivity index (χ1n) is 5.47. The van der Waals surface area contributed by atoms with Gasteiger partial charge in [0, 0.05) is 35.2 Å². The van der Waals surface area contributed by atoms with Crippen LogP contribution in [-0.4, -0.2) is 19.1 Å². The van der Waals surface area contributed by atoms with Crippen molar-refractivity contribution < 1.29 is 0 Å². The van der Waals surface area contributed by atoms with Crippen LogP contribution in [0.1, 0.15) is 19.4 Å². The molecular weight excluding hydrogens is 288 g/mol. The van der Waals surface area contributed by atoms with E-state index < -0.39 is 0 Å². The van der Waals surface area contributed by atoms with E-state index in [9.17, 15) is 0 Å². The van der Waals surface area contributed by atoms with Crippen LogP contribution in [-0.2, 0) is 6.54 Å². The van der Waals surface area contributed by atoms with Gasteiger partial charge in [-0.1, -0.05) is 47.4 Å². The van der Waals surface area contributed by atoms with E-state index in [1.54, 1.807) is 0 Å². The Hall–Kier alpha value is -0.0900. The predicted octanol–water partition coefficient (Wildman–Crippen LogP) is 3.19. The Bertz CT molecular complexity index is 329. The van der Waals surface area contributed by atoms with Crippen LogP contribution in [0.3, 0.4) is 0 Å². The van der Waals surface area contributed by atoms with E-state index in [1.165, 1.54) is 5.56 Å². The zero-order valence-electron chi connectivity index (χ0n) is 9.69. The Kier molecular flexibility index (Phi) is 6.36. The van der Waals surface area contributed by atoms with Gasteiger partial charge in [0.2, 0.25) is 0 Å². The quantitative estimate of drug-likeness (QED) is 0.789. The van der Waals surface area contributed by atoms with Crippen molar-refractivity contribution in [2.24, 2.45) is 0 Å². The SMILES string of the molecule is CC(C)NCCNCc1ccc(Cl)cc1Br. The average Bonchev–Trinajstić information content (AvgIpc) is 2.20. The second-order valence-corrected chi connectivity index (χ2v) is 5.31. The van der Waals surface area contributed by atoms with Crippen LogP contribution in [0.2, 0.25) is 5.02 Å². The van der Waals surface area contributed by atoms with Gasteiger partial charge in [0.1, 0.15) is 0 Å². The standard InChI is InChI=1S/C12H18BrClN2/c1-9(2)16-6-5-15-8-10-3-4-11(14)7-12(10)13/h3-4,7,9,15-16H,5-6,8H2,1-2H3. The number of rotatable bonds is 6. The van der Waals surface area contributed by atoms with E-state index in [2.05, 4.69) is 40.4 Å². The van der Waals surface area contributed by atoms with Crippen LogP contribution >= 0.6 is 27.5 Å². The van der Waals surface area contributed by atoms with Crippen LogP contribution in [0.25, 0.3) is 0 Å². The van der Waals surface area contributed by atoms with E-state index in [1.807, 2.05) is 18.2 Å². The summed E-state index contributed by atoms with van der Waals surface area (Å²) >= 11 is 9.37. The van der Waals surface area contributed by atoms with Gasteiger partial charge < -0.3 is 10.6 Å². The molecule has 16 heavy (non-hydrogen) atoms. The van der Waals surface area contributed by atoms with E-state index in [4.69, 9.17) is 11.6 Å². The third-order valence-corrected chi connectivity index (χ3v) is 3.16. The van der Waals surface area contributed by atoms with Gasteiger partial charge in [-0.2, -0.15) is 0 Å². The number of hydrogen-bond donors (Lipinski definition) is 2. The maximum atomic E-state index is 5.88. The molecule has 0 atom stereocenters. The molecule has 1 rings (SSSR count). The smallest absolute Gasteiger partial charge is 0.0417 e. The fourth-order valence-corrected chi connectivity index (χ4v) is 2.16. The molecule has 0 saturated heterocycles. The maximum Gasteiger partial charge on any atom is 0.0417 e. The summed E-state index contributed by atoms with van der Waals surface area (Å²) in [7, 11) is 0. The molecule has 0 heterocycles. The van der Waals surface area contributed by atoms with Crippen LogP contribution < -0.4 is 10.6 Å².